The van der Waals surface area contributed by atoms with Crippen molar-refractivity contribution in [1.29, 1.82) is 5.26 Å². The van der Waals surface area contributed by atoms with Crippen molar-refractivity contribution in [2.24, 2.45) is 0 Å². The zero-order valence-corrected chi connectivity index (χ0v) is 12.4. The molecule has 0 aliphatic rings. The van der Waals surface area contributed by atoms with Crippen LogP contribution in [0.3, 0.4) is 0 Å². The number of methoxy groups -OCH3 is 1. The van der Waals surface area contributed by atoms with E-state index in [1.165, 1.54) is 0 Å². The van der Waals surface area contributed by atoms with Crippen LogP contribution >= 0.6 is 0 Å². The summed E-state index contributed by atoms with van der Waals surface area (Å²) in [5, 5.41) is 12.8. The summed E-state index contributed by atoms with van der Waals surface area (Å²) in [6.45, 7) is 2.72. The molecule has 0 amide bonds. The number of benzene rings is 2. The predicted molar refractivity (Wildman–Crippen MR) is 84.2 cm³/mol. The van der Waals surface area contributed by atoms with Gasteiger partial charge in [0, 0.05) is 12.6 Å². The van der Waals surface area contributed by atoms with Gasteiger partial charge in [-0.15, -0.1) is 0 Å². The highest BCUT2D eigenvalue weighted by molar-refractivity contribution is 5.30. The fourth-order valence-electron chi connectivity index (χ4n) is 2.25. The van der Waals surface area contributed by atoms with Gasteiger partial charge in [-0.1, -0.05) is 42.5 Å². The van der Waals surface area contributed by atoms with E-state index in [2.05, 4.69) is 24.4 Å². The van der Waals surface area contributed by atoms with Crippen LogP contribution in [-0.2, 0) is 0 Å². The third-order valence-electron chi connectivity index (χ3n) is 3.58. The Morgan fingerprint density at radius 1 is 1.10 bits per heavy atom. The fourth-order valence-corrected chi connectivity index (χ4v) is 2.25. The van der Waals surface area contributed by atoms with E-state index in [9.17, 15) is 5.26 Å². The second kappa shape index (κ2) is 7.47. The number of hydrogen-bond acceptors (Lipinski definition) is 3. The molecule has 108 valence electrons. The van der Waals surface area contributed by atoms with Crippen LogP contribution < -0.4 is 10.1 Å². The van der Waals surface area contributed by atoms with Crippen LogP contribution in [0.15, 0.2) is 54.6 Å². The fraction of sp³-hybridized carbons (Fsp3) is 0.278. The molecule has 3 heteroatoms. The van der Waals surface area contributed by atoms with Crippen LogP contribution in [0.5, 0.6) is 5.75 Å². The van der Waals surface area contributed by atoms with Gasteiger partial charge in [0.1, 0.15) is 5.75 Å². The lowest BCUT2D eigenvalue weighted by atomic mass is 10.00. The topological polar surface area (TPSA) is 45.0 Å². The maximum absolute atomic E-state index is 9.34. The maximum Gasteiger partial charge on any atom is 0.119 e. The first-order valence-corrected chi connectivity index (χ1v) is 7.06. The van der Waals surface area contributed by atoms with E-state index in [-0.39, 0.29) is 12.0 Å². The van der Waals surface area contributed by atoms with Crippen LogP contribution in [0, 0.1) is 11.3 Å². The third-order valence-corrected chi connectivity index (χ3v) is 3.58. The Morgan fingerprint density at radius 2 is 1.81 bits per heavy atom. The van der Waals surface area contributed by atoms with Crippen LogP contribution in [0.1, 0.15) is 30.0 Å². The number of ether oxygens (including phenoxy) is 1. The minimum Gasteiger partial charge on any atom is -0.497 e. The van der Waals surface area contributed by atoms with E-state index in [0.717, 1.165) is 16.9 Å². The highest BCUT2D eigenvalue weighted by Crippen LogP contribution is 2.20. The Labute approximate surface area is 126 Å². The van der Waals surface area contributed by atoms with E-state index < -0.39 is 0 Å². The molecule has 3 nitrogen and oxygen atoms in total. The lowest BCUT2D eigenvalue weighted by Crippen LogP contribution is -2.24. The first-order valence-electron chi connectivity index (χ1n) is 7.06. The van der Waals surface area contributed by atoms with Crippen molar-refractivity contribution in [1.82, 2.24) is 5.32 Å². The summed E-state index contributed by atoms with van der Waals surface area (Å²) in [4.78, 5) is 0. The highest BCUT2D eigenvalue weighted by Gasteiger charge is 2.12. The number of hydrogen-bond donors (Lipinski definition) is 1. The summed E-state index contributed by atoms with van der Waals surface area (Å²) in [6, 6.07) is 20.4. The Bertz CT molecular complexity index is 604. The summed E-state index contributed by atoms with van der Waals surface area (Å²) in [7, 11) is 1.67. The molecule has 0 spiro atoms. The molecule has 0 aliphatic carbocycles. The molecule has 1 N–H and O–H groups in total. The molecule has 2 aromatic rings. The van der Waals surface area contributed by atoms with Gasteiger partial charge in [0.15, 0.2) is 0 Å². The first kappa shape index (κ1) is 15.1. The van der Waals surface area contributed by atoms with Crippen molar-refractivity contribution in [3.05, 3.63) is 65.7 Å². The monoisotopic (exact) mass is 280 g/mol. The quantitative estimate of drug-likeness (QED) is 0.878. The van der Waals surface area contributed by atoms with Gasteiger partial charge in [-0.05, 0) is 30.2 Å². The van der Waals surface area contributed by atoms with Crippen molar-refractivity contribution in [2.45, 2.75) is 18.9 Å². The molecule has 0 fully saturated rings. The minimum atomic E-state index is -0.140. The molecule has 21 heavy (non-hydrogen) atoms. The normalized spacial score (nSPS) is 13.2. The summed E-state index contributed by atoms with van der Waals surface area (Å²) < 4.78 is 5.24. The summed E-state index contributed by atoms with van der Waals surface area (Å²) in [6.07, 6.45) is 0. The summed E-state index contributed by atoms with van der Waals surface area (Å²) >= 11 is 0. The van der Waals surface area contributed by atoms with Gasteiger partial charge in [0.25, 0.3) is 0 Å². The molecule has 1 unspecified atom stereocenters. The molecule has 0 aromatic heterocycles. The Hall–Kier alpha value is -2.31. The van der Waals surface area contributed by atoms with E-state index in [1.807, 2.05) is 48.5 Å². The molecule has 0 aliphatic heterocycles. The van der Waals surface area contributed by atoms with Crippen LogP contribution in [0.2, 0.25) is 0 Å². The van der Waals surface area contributed by atoms with Gasteiger partial charge >= 0.3 is 0 Å². The average Bonchev–Trinajstić information content (AvgIpc) is 2.56. The van der Waals surface area contributed by atoms with E-state index in [1.54, 1.807) is 7.11 Å². The standard InChI is InChI=1S/C18H20N2O/c1-14(16-9-6-10-18(11-16)21-2)20-13-17(12-19)15-7-4-3-5-8-15/h3-11,14,17,20H,13H2,1-2H3/t14-,17?/m1/s1. The lowest BCUT2D eigenvalue weighted by Gasteiger charge is -2.17. The number of nitrogens with zero attached hydrogens (tertiary/aromatic N) is 1. The lowest BCUT2D eigenvalue weighted by molar-refractivity contribution is 0.413. The molecule has 0 bridgehead atoms. The Kier molecular flexibility index (Phi) is 5.36. The van der Waals surface area contributed by atoms with Crippen molar-refractivity contribution in [3.8, 4) is 11.8 Å². The van der Waals surface area contributed by atoms with Crippen molar-refractivity contribution in [2.75, 3.05) is 13.7 Å². The van der Waals surface area contributed by atoms with E-state index >= 15 is 0 Å². The van der Waals surface area contributed by atoms with E-state index in [0.29, 0.717) is 6.54 Å². The Morgan fingerprint density at radius 3 is 2.48 bits per heavy atom. The van der Waals surface area contributed by atoms with Gasteiger partial charge in [0.2, 0.25) is 0 Å². The SMILES string of the molecule is COc1cccc([C@@H](C)NCC(C#N)c2ccccc2)c1. The van der Waals surface area contributed by atoms with E-state index in [4.69, 9.17) is 4.74 Å². The number of nitrogens with one attached hydrogen (secondary N) is 1. The van der Waals surface area contributed by atoms with Crippen LogP contribution in [-0.4, -0.2) is 13.7 Å². The van der Waals surface area contributed by atoms with Crippen LogP contribution in [0.25, 0.3) is 0 Å². The zero-order chi connectivity index (χ0) is 15.1. The number of nitriles is 1. The average molecular weight is 280 g/mol. The molecule has 2 rings (SSSR count). The molecular weight excluding hydrogens is 260 g/mol. The second-order valence-corrected chi connectivity index (χ2v) is 5.00. The third kappa shape index (κ3) is 4.08. The Balaban J connectivity index is 1.99. The second-order valence-electron chi connectivity index (χ2n) is 5.00. The highest BCUT2D eigenvalue weighted by atomic mass is 16.5. The van der Waals surface area contributed by atoms with Crippen LogP contribution in [0.4, 0.5) is 0 Å². The zero-order valence-electron chi connectivity index (χ0n) is 12.4. The van der Waals surface area contributed by atoms with Crippen molar-refractivity contribution in [3.63, 3.8) is 0 Å². The number of rotatable bonds is 6. The smallest absolute Gasteiger partial charge is 0.119 e. The van der Waals surface area contributed by atoms with Gasteiger partial charge in [-0.25, -0.2) is 0 Å². The summed E-state index contributed by atoms with van der Waals surface area (Å²) in [5.74, 6) is 0.709. The first-order chi connectivity index (χ1) is 10.2. The van der Waals surface area contributed by atoms with Crippen molar-refractivity contribution < 1.29 is 4.74 Å². The van der Waals surface area contributed by atoms with Gasteiger partial charge in [0.05, 0.1) is 19.1 Å². The molecule has 2 aromatic carbocycles. The van der Waals surface area contributed by atoms with Gasteiger partial charge < -0.3 is 10.1 Å². The molecule has 0 saturated carbocycles. The summed E-state index contributed by atoms with van der Waals surface area (Å²) in [5.41, 5.74) is 2.20. The molecule has 0 radical (unpaired) electrons. The van der Waals surface area contributed by atoms with Gasteiger partial charge in [-0.3, -0.25) is 0 Å². The molecule has 0 saturated heterocycles. The maximum atomic E-state index is 9.34. The molecular formula is C18H20N2O. The predicted octanol–water partition coefficient (Wildman–Crippen LogP) is 3.65. The largest absolute Gasteiger partial charge is 0.497 e. The van der Waals surface area contributed by atoms with Crippen molar-refractivity contribution >= 4 is 0 Å². The molecule has 0 heterocycles. The van der Waals surface area contributed by atoms with Gasteiger partial charge in [-0.2, -0.15) is 5.26 Å². The molecule has 2 atom stereocenters. The minimum absolute atomic E-state index is 0.140.